The average Bonchev–Trinajstić information content (AvgIpc) is 2.80. The first kappa shape index (κ1) is 16.3. The number of unbranched alkanes of at least 4 members (excludes halogenated alkanes) is 5. The summed E-state index contributed by atoms with van der Waals surface area (Å²) in [6, 6.07) is 0. The lowest BCUT2D eigenvalue weighted by Crippen LogP contribution is -2.37. The van der Waals surface area contributed by atoms with Gasteiger partial charge in [0.15, 0.2) is 0 Å². The number of nitrogens with zero attached hydrogens (tertiary/aromatic N) is 2. The Kier molecular flexibility index (Phi) is 8.61. The molecule has 0 fully saturated rings. The van der Waals surface area contributed by atoms with E-state index in [0.29, 0.717) is 0 Å². The monoisotopic (exact) mass is 265 g/mol. The standard InChI is InChI=1S/C17H33N2/c1-4-7-10-12-17-18(13-9-6-3)15-16-19(17)14-11-8-5-2/h15-16H,4-14H2,1-3H3/q+1. The van der Waals surface area contributed by atoms with Crippen molar-refractivity contribution in [2.45, 2.75) is 91.6 Å². The highest BCUT2D eigenvalue weighted by atomic mass is 15.1. The summed E-state index contributed by atoms with van der Waals surface area (Å²) in [4.78, 5) is 0. The van der Waals surface area contributed by atoms with Crippen LogP contribution < -0.4 is 4.57 Å². The third kappa shape index (κ3) is 5.80. The van der Waals surface area contributed by atoms with Crippen molar-refractivity contribution in [1.29, 1.82) is 0 Å². The van der Waals surface area contributed by atoms with Gasteiger partial charge in [-0.3, -0.25) is 0 Å². The number of aromatic nitrogens is 2. The van der Waals surface area contributed by atoms with Crippen LogP contribution in [-0.2, 0) is 19.5 Å². The molecule has 1 aromatic rings. The van der Waals surface area contributed by atoms with E-state index in [-0.39, 0.29) is 0 Å². The molecular formula is C17H33N2+. The summed E-state index contributed by atoms with van der Waals surface area (Å²) < 4.78 is 4.99. The normalized spacial score (nSPS) is 11.1. The second kappa shape index (κ2) is 10.1. The van der Waals surface area contributed by atoms with Crippen molar-refractivity contribution < 1.29 is 4.57 Å². The zero-order chi connectivity index (χ0) is 13.9. The molecule has 1 heterocycles. The number of rotatable bonds is 11. The molecule has 0 bridgehead atoms. The highest BCUT2D eigenvalue weighted by Gasteiger charge is 2.15. The van der Waals surface area contributed by atoms with E-state index < -0.39 is 0 Å². The number of hydrogen-bond acceptors (Lipinski definition) is 0. The molecule has 110 valence electrons. The third-order valence-electron chi connectivity index (χ3n) is 3.85. The maximum absolute atomic E-state index is 2.50. The maximum Gasteiger partial charge on any atom is 0.256 e. The van der Waals surface area contributed by atoms with E-state index in [4.69, 9.17) is 0 Å². The van der Waals surface area contributed by atoms with Crippen LogP contribution >= 0.6 is 0 Å². The molecule has 0 atom stereocenters. The summed E-state index contributed by atoms with van der Waals surface area (Å²) in [6.45, 7) is 9.23. The summed E-state index contributed by atoms with van der Waals surface area (Å²) >= 11 is 0. The van der Waals surface area contributed by atoms with Crippen LogP contribution in [0.15, 0.2) is 12.4 Å². The molecule has 0 radical (unpaired) electrons. The van der Waals surface area contributed by atoms with Crippen molar-refractivity contribution >= 4 is 0 Å². The smallest absolute Gasteiger partial charge is 0.234 e. The lowest BCUT2D eigenvalue weighted by molar-refractivity contribution is -0.704. The molecule has 0 aromatic carbocycles. The Balaban J connectivity index is 2.62. The fourth-order valence-corrected chi connectivity index (χ4v) is 2.59. The van der Waals surface area contributed by atoms with Gasteiger partial charge in [-0.05, 0) is 25.7 Å². The Morgan fingerprint density at radius 3 is 2.26 bits per heavy atom. The highest BCUT2D eigenvalue weighted by molar-refractivity contribution is 4.84. The van der Waals surface area contributed by atoms with E-state index in [1.165, 1.54) is 70.9 Å². The van der Waals surface area contributed by atoms with Crippen molar-refractivity contribution in [1.82, 2.24) is 4.57 Å². The minimum absolute atomic E-state index is 1.19. The number of imidazole rings is 1. The lowest BCUT2D eigenvalue weighted by atomic mass is 10.2. The Morgan fingerprint density at radius 2 is 1.58 bits per heavy atom. The molecule has 1 aromatic heterocycles. The van der Waals surface area contributed by atoms with Crippen LogP contribution in [0.4, 0.5) is 0 Å². The SMILES string of the molecule is CCCCCc1n(CCCC)cc[n+]1CCCCC. The van der Waals surface area contributed by atoms with Crippen molar-refractivity contribution in [3.8, 4) is 0 Å². The van der Waals surface area contributed by atoms with E-state index in [1.807, 2.05) is 0 Å². The first-order valence-corrected chi connectivity index (χ1v) is 8.40. The summed E-state index contributed by atoms with van der Waals surface area (Å²) in [5.74, 6) is 1.55. The van der Waals surface area contributed by atoms with Crippen molar-refractivity contribution in [2.24, 2.45) is 0 Å². The van der Waals surface area contributed by atoms with Gasteiger partial charge >= 0.3 is 0 Å². The Morgan fingerprint density at radius 1 is 0.895 bits per heavy atom. The molecule has 0 unspecified atom stereocenters. The van der Waals surface area contributed by atoms with Gasteiger partial charge < -0.3 is 0 Å². The molecule has 0 aliphatic carbocycles. The Labute approximate surface area is 119 Å². The maximum atomic E-state index is 2.50. The van der Waals surface area contributed by atoms with Crippen molar-refractivity contribution in [3.63, 3.8) is 0 Å². The predicted octanol–water partition coefficient (Wildman–Crippen LogP) is 4.50. The Bertz CT molecular complexity index is 328. The molecule has 0 aliphatic heterocycles. The summed E-state index contributed by atoms with van der Waals surface area (Å²) in [5.41, 5.74) is 0. The molecule has 0 aliphatic rings. The van der Waals surface area contributed by atoms with E-state index >= 15 is 0 Å². The second-order valence-electron chi connectivity index (χ2n) is 5.62. The van der Waals surface area contributed by atoms with E-state index in [2.05, 4.69) is 42.3 Å². The summed E-state index contributed by atoms with van der Waals surface area (Å²) in [5, 5.41) is 0. The third-order valence-corrected chi connectivity index (χ3v) is 3.85. The molecule has 2 nitrogen and oxygen atoms in total. The van der Waals surface area contributed by atoms with Crippen LogP contribution in [0.2, 0.25) is 0 Å². The van der Waals surface area contributed by atoms with Crippen LogP contribution in [0.3, 0.4) is 0 Å². The Hall–Kier alpha value is -0.790. The summed E-state index contributed by atoms with van der Waals surface area (Å²) in [7, 11) is 0. The average molecular weight is 265 g/mol. The molecule has 0 amide bonds. The predicted molar refractivity (Wildman–Crippen MR) is 82.3 cm³/mol. The zero-order valence-electron chi connectivity index (χ0n) is 13.3. The van der Waals surface area contributed by atoms with Crippen LogP contribution in [0.25, 0.3) is 0 Å². The number of hydrogen-bond donors (Lipinski definition) is 0. The minimum Gasteiger partial charge on any atom is -0.234 e. The number of aryl methyl sites for hydroxylation is 2. The van der Waals surface area contributed by atoms with Gasteiger partial charge in [0, 0.05) is 6.42 Å². The fraction of sp³-hybridized carbons (Fsp3) is 0.824. The van der Waals surface area contributed by atoms with Crippen LogP contribution in [-0.4, -0.2) is 4.57 Å². The van der Waals surface area contributed by atoms with Gasteiger partial charge in [0.1, 0.15) is 12.4 Å². The highest BCUT2D eigenvalue weighted by Crippen LogP contribution is 2.07. The summed E-state index contributed by atoms with van der Waals surface area (Å²) in [6.07, 6.45) is 16.4. The van der Waals surface area contributed by atoms with Crippen LogP contribution in [0, 0.1) is 0 Å². The van der Waals surface area contributed by atoms with Crippen molar-refractivity contribution in [3.05, 3.63) is 18.2 Å². The molecule has 2 heteroatoms. The lowest BCUT2D eigenvalue weighted by Gasteiger charge is -2.05. The topological polar surface area (TPSA) is 8.81 Å². The molecule has 0 saturated carbocycles. The first-order valence-electron chi connectivity index (χ1n) is 8.40. The van der Waals surface area contributed by atoms with Crippen LogP contribution in [0.5, 0.6) is 0 Å². The van der Waals surface area contributed by atoms with Crippen LogP contribution in [0.1, 0.15) is 78.0 Å². The molecule has 19 heavy (non-hydrogen) atoms. The van der Waals surface area contributed by atoms with Gasteiger partial charge in [-0.1, -0.05) is 46.5 Å². The van der Waals surface area contributed by atoms with Gasteiger partial charge in [-0.15, -0.1) is 0 Å². The quantitative estimate of drug-likeness (QED) is 0.411. The van der Waals surface area contributed by atoms with E-state index in [1.54, 1.807) is 5.82 Å². The van der Waals surface area contributed by atoms with Gasteiger partial charge in [0.2, 0.25) is 0 Å². The molecular weight excluding hydrogens is 232 g/mol. The van der Waals surface area contributed by atoms with Crippen molar-refractivity contribution in [2.75, 3.05) is 0 Å². The molecule has 0 N–H and O–H groups in total. The minimum atomic E-state index is 1.19. The molecule has 0 spiro atoms. The largest absolute Gasteiger partial charge is 0.256 e. The van der Waals surface area contributed by atoms with E-state index in [0.717, 1.165) is 0 Å². The van der Waals surface area contributed by atoms with Gasteiger partial charge in [0.25, 0.3) is 5.82 Å². The molecule has 0 saturated heterocycles. The fourth-order valence-electron chi connectivity index (χ4n) is 2.59. The van der Waals surface area contributed by atoms with E-state index in [9.17, 15) is 0 Å². The van der Waals surface area contributed by atoms with Gasteiger partial charge in [0.05, 0.1) is 13.1 Å². The van der Waals surface area contributed by atoms with Gasteiger partial charge in [-0.25, -0.2) is 9.13 Å². The zero-order valence-corrected chi connectivity index (χ0v) is 13.3. The first-order chi connectivity index (χ1) is 9.33. The van der Waals surface area contributed by atoms with Gasteiger partial charge in [-0.2, -0.15) is 0 Å². The molecule has 1 rings (SSSR count). The second-order valence-corrected chi connectivity index (χ2v) is 5.62.